The Morgan fingerprint density at radius 3 is 2.64 bits per heavy atom. The quantitative estimate of drug-likeness (QED) is 0.779. The predicted octanol–water partition coefficient (Wildman–Crippen LogP) is 1.02. The Kier molecular flexibility index (Phi) is 5.47. The monoisotopic (exact) mass is 406 g/mol. The predicted molar refractivity (Wildman–Crippen MR) is 105 cm³/mol. The number of carbonyl (C=O) groups excluding carboxylic acids is 2. The van der Waals surface area contributed by atoms with E-state index in [1.807, 2.05) is 20.8 Å². The average molecular weight is 407 g/mol. The average Bonchev–Trinajstić information content (AvgIpc) is 2.90. The number of rotatable bonds is 3. The Hall–Kier alpha value is -2.42. The third-order valence-corrected chi connectivity index (χ3v) is 5.95. The van der Waals surface area contributed by atoms with E-state index in [9.17, 15) is 18.0 Å². The molecule has 0 aliphatic carbocycles. The number of sulfonamides is 1. The van der Waals surface area contributed by atoms with Gasteiger partial charge in [-0.25, -0.2) is 0 Å². The molecular formula is C19H26N4O4S. The van der Waals surface area contributed by atoms with Crippen LogP contribution in [0.5, 0.6) is 0 Å². The fourth-order valence-corrected chi connectivity index (χ4v) is 4.72. The Morgan fingerprint density at radius 2 is 1.93 bits per heavy atom. The third kappa shape index (κ3) is 4.35. The standard InChI is InChI=1S/C19H26N4O4S/c1-19(2,3)21-16(24)12-20-18(25)14-9-6-7-11-23(14)17-13-8-4-5-10-15(13)28(26,27)22-17/h4-5,8,10,14H,6-7,9,11-12H2,1-3H3,(H,20,25)(H,21,24)/t14-/m0/s1. The van der Waals surface area contributed by atoms with Gasteiger partial charge >= 0.3 is 0 Å². The topological polar surface area (TPSA) is 108 Å². The minimum Gasteiger partial charge on any atom is -0.350 e. The van der Waals surface area contributed by atoms with Crippen LogP contribution >= 0.6 is 0 Å². The molecule has 1 aromatic carbocycles. The van der Waals surface area contributed by atoms with Crippen LogP contribution < -0.4 is 10.6 Å². The number of hydrogen-bond donors (Lipinski definition) is 2. The summed E-state index contributed by atoms with van der Waals surface area (Å²) < 4.78 is 28.7. The highest BCUT2D eigenvalue weighted by molar-refractivity contribution is 7.90. The van der Waals surface area contributed by atoms with E-state index in [-0.39, 0.29) is 28.8 Å². The van der Waals surface area contributed by atoms with E-state index in [1.54, 1.807) is 23.1 Å². The summed E-state index contributed by atoms with van der Waals surface area (Å²) >= 11 is 0. The van der Waals surface area contributed by atoms with Crippen molar-refractivity contribution in [3.8, 4) is 0 Å². The Labute approximate surface area is 165 Å². The molecule has 3 rings (SSSR count). The minimum atomic E-state index is -3.75. The number of hydrogen-bond acceptors (Lipinski definition) is 5. The molecule has 1 fully saturated rings. The van der Waals surface area contributed by atoms with Gasteiger partial charge in [-0.1, -0.05) is 12.1 Å². The number of piperidine rings is 1. The molecule has 0 saturated carbocycles. The van der Waals surface area contributed by atoms with Crippen molar-refractivity contribution in [2.45, 2.75) is 56.5 Å². The van der Waals surface area contributed by atoms with Gasteiger partial charge in [-0.15, -0.1) is 4.40 Å². The van der Waals surface area contributed by atoms with Crippen molar-refractivity contribution in [3.63, 3.8) is 0 Å². The first-order valence-corrected chi connectivity index (χ1v) is 10.8. The molecule has 152 valence electrons. The maximum atomic E-state index is 12.8. The van der Waals surface area contributed by atoms with Crippen molar-refractivity contribution >= 4 is 27.7 Å². The molecule has 2 amide bonds. The molecule has 1 saturated heterocycles. The smallest absolute Gasteiger partial charge is 0.285 e. The molecule has 8 nitrogen and oxygen atoms in total. The van der Waals surface area contributed by atoms with E-state index in [1.165, 1.54) is 6.07 Å². The van der Waals surface area contributed by atoms with Crippen LogP contribution in [0.3, 0.4) is 0 Å². The fraction of sp³-hybridized carbons (Fsp3) is 0.526. The van der Waals surface area contributed by atoms with Crippen molar-refractivity contribution in [2.24, 2.45) is 4.40 Å². The summed E-state index contributed by atoms with van der Waals surface area (Å²) in [7, 11) is -3.75. The van der Waals surface area contributed by atoms with Gasteiger partial charge < -0.3 is 15.5 Å². The number of benzene rings is 1. The van der Waals surface area contributed by atoms with Gasteiger partial charge in [0.25, 0.3) is 10.0 Å². The number of nitrogens with one attached hydrogen (secondary N) is 2. The summed E-state index contributed by atoms with van der Waals surface area (Å²) in [6.07, 6.45) is 2.27. The second-order valence-corrected chi connectivity index (χ2v) is 9.68. The van der Waals surface area contributed by atoms with E-state index < -0.39 is 16.1 Å². The highest BCUT2D eigenvalue weighted by Gasteiger charge is 2.38. The molecule has 2 aliphatic heterocycles. The van der Waals surface area contributed by atoms with Gasteiger partial charge in [-0.3, -0.25) is 9.59 Å². The number of fused-ring (bicyclic) bond motifs is 1. The molecule has 2 heterocycles. The number of likely N-dealkylation sites (tertiary alicyclic amines) is 1. The number of amidine groups is 1. The van der Waals surface area contributed by atoms with Crippen LogP contribution in [0.4, 0.5) is 0 Å². The van der Waals surface area contributed by atoms with Gasteiger partial charge in [0, 0.05) is 17.6 Å². The minimum absolute atomic E-state index is 0.123. The summed E-state index contributed by atoms with van der Waals surface area (Å²) in [5, 5.41) is 5.47. The Bertz CT molecular complexity index is 918. The van der Waals surface area contributed by atoms with Crippen molar-refractivity contribution in [2.75, 3.05) is 13.1 Å². The lowest BCUT2D eigenvalue weighted by Gasteiger charge is -2.36. The maximum absolute atomic E-state index is 12.8. The fourth-order valence-electron chi connectivity index (χ4n) is 3.50. The van der Waals surface area contributed by atoms with E-state index in [0.29, 0.717) is 24.4 Å². The molecule has 1 atom stereocenters. The van der Waals surface area contributed by atoms with Gasteiger partial charge in [-0.05, 0) is 52.2 Å². The molecule has 0 aromatic heterocycles. The van der Waals surface area contributed by atoms with Crippen LogP contribution in [0.2, 0.25) is 0 Å². The first-order valence-electron chi connectivity index (χ1n) is 9.38. The molecule has 0 radical (unpaired) electrons. The van der Waals surface area contributed by atoms with Crippen LogP contribution in [-0.2, 0) is 19.6 Å². The van der Waals surface area contributed by atoms with Crippen molar-refractivity contribution in [1.29, 1.82) is 0 Å². The lowest BCUT2D eigenvalue weighted by molar-refractivity contribution is -0.129. The lowest BCUT2D eigenvalue weighted by Crippen LogP contribution is -2.54. The van der Waals surface area contributed by atoms with Gasteiger partial charge in [0.2, 0.25) is 11.8 Å². The van der Waals surface area contributed by atoms with Gasteiger partial charge in [0.05, 0.1) is 6.54 Å². The maximum Gasteiger partial charge on any atom is 0.285 e. The molecule has 9 heteroatoms. The summed E-state index contributed by atoms with van der Waals surface area (Å²) in [5.74, 6) is -0.253. The molecule has 2 N–H and O–H groups in total. The second-order valence-electron chi connectivity index (χ2n) is 8.11. The first kappa shape index (κ1) is 20.3. The molecule has 28 heavy (non-hydrogen) atoms. The van der Waals surface area contributed by atoms with E-state index in [4.69, 9.17) is 0 Å². The van der Waals surface area contributed by atoms with Gasteiger partial charge in [-0.2, -0.15) is 8.42 Å². The second kappa shape index (κ2) is 7.54. The zero-order chi connectivity index (χ0) is 20.5. The number of nitrogens with zero attached hydrogens (tertiary/aromatic N) is 2. The molecule has 0 unspecified atom stereocenters. The molecule has 1 aromatic rings. The normalized spacial score (nSPS) is 20.9. The zero-order valence-electron chi connectivity index (χ0n) is 16.4. The van der Waals surface area contributed by atoms with Crippen LogP contribution in [0.25, 0.3) is 0 Å². The molecule has 2 aliphatic rings. The highest BCUT2D eigenvalue weighted by atomic mass is 32.2. The van der Waals surface area contributed by atoms with Crippen molar-refractivity contribution < 1.29 is 18.0 Å². The van der Waals surface area contributed by atoms with E-state index in [0.717, 1.165) is 12.8 Å². The van der Waals surface area contributed by atoms with Crippen molar-refractivity contribution in [1.82, 2.24) is 15.5 Å². The first-order chi connectivity index (χ1) is 13.1. The SMILES string of the molecule is CC(C)(C)NC(=O)CNC(=O)[C@@H]1CCCCN1C1=NS(=O)(=O)c2ccccc21. The van der Waals surface area contributed by atoms with Crippen LogP contribution in [0.15, 0.2) is 33.6 Å². The highest BCUT2D eigenvalue weighted by Crippen LogP contribution is 2.30. The van der Waals surface area contributed by atoms with Gasteiger partial charge in [0.1, 0.15) is 10.9 Å². The lowest BCUT2D eigenvalue weighted by atomic mass is 9.99. The molecule has 0 bridgehead atoms. The van der Waals surface area contributed by atoms with E-state index in [2.05, 4.69) is 15.0 Å². The zero-order valence-corrected chi connectivity index (χ0v) is 17.2. The summed E-state index contributed by atoms with van der Waals surface area (Å²) in [6, 6.07) is 6.08. The number of carbonyl (C=O) groups is 2. The van der Waals surface area contributed by atoms with Crippen LogP contribution in [0.1, 0.15) is 45.6 Å². The van der Waals surface area contributed by atoms with Crippen LogP contribution in [-0.4, -0.2) is 55.6 Å². The molecule has 0 spiro atoms. The number of amides is 2. The third-order valence-electron chi connectivity index (χ3n) is 4.63. The summed E-state index contributed by atoms with van der Waals surface area (Å²) in [5.41, 5.74) is 0.141. The summed E-state index contributed by atoms with van der Waals surface area (Å²) in [4.78, 5) is 26.7. The molecular weight excluding hydrogens is 380 g/mol. The van der Waals surface area contributed by atoms with E-state index >= 15 is 0 Å². The Balaban J connectivity index is 1.77. The van der Waals surface area contributed by atoms with Gasteiger partial charge in [0.15, 0.2) is 5.84 Å². The van der Waals surface area contributed by atoms with Crippen LogP contribution in [0, 0.1) is 0 Å². The Morgan fingerprint density at radius 1 is 1.21 bits per heavy atom. The largest absolute Gasteiger partial charge is 0.350 e. The van der Waals surface area contributed by atoms with Crippen molar-refractivity contribution in [3.05, 3.63) is 29.8 Å². The summed E-state index contributed by atoms with van der Waals surface area (Å²) in [6.45, 7) is 6.01.